The van der Waals surface area contributed by atoms with Gasteiger partial charge in [-0.3, -0.25) is 0 Å². The van der Waals surface area contributed by atoms with E-state index in [1.807, 2.05) is 6.07 Å². The van der Waals surface area contributed by atoms with Gasteiger partial charge in [-0.1, -0.05) is 30.3 Å². The molecule has 0 heterocycles. The Morgan fingerprint density at radius 3 is 2.50 bits per heavy atom. The van der Waals surface area contributed by atoms with Crippen molar-refractivity contribution in [2.24, 2.45) is 0 Å². The lowest BCUT2D eigenvalue weighted by molar-refractivity contribution is -0.125. The second-order valence-electron chi connectivity index (χ2n) is 4.13. The Kier molecular flexibility index (Phi) is 6.65. The number of benzene rings is 1. The minimum atomic E-state index is -1.70. The van der Waals surface area contributed by atoms with Gasteiger partial charge >= 0.3 is 6.09 Å². The average molecular weight is 283 g/mol. The fourth-order valence-corrected chi connectivity index (χ4v) is 1.39. The molecule has 1 amide bonds. The maximum atomic E-state index is 11.3. The second-order valence-corrected chi connectivity index (χ2v) is 4.13. The van der Waals surface area contributed by atoms with Gasteiger partial charge in [-0.05, 0) is 5.56 Å². The van der Waals surface area contributed by atoms with Crippen molar-refractivity contribution >= 4 is 12.4 Å². The number of carbonyl (C=O) groups is 2. The number of alkyl carbamates (subject to hydrolysis) is 1. The molecule has 0 saturated carbocycles. The highest BCUT2D eigenvalue weighted by atomic mass is 16.5. The van der Waals surface area contributed by atoms with E-state index < -0.39 is 24.4 Å². The first-order valence-electron chi connectivity index (χ1n) is 5.98. The van der Waals surface area contributed by atoms with Crippen molar-refractivity contribution in [2.45, 2.75) is 24.9 Å². The van der Waals surface area contributed by atoms with Gasteiger partial charge < -0.3 is 30.2 Å². The van der Waals surface area contributed by atoms with Crippen LogP contribution >= 0.6 is 0 Å². The summed E-state index contributed by atoms with van der Waals surface area (Å²) in [6.07, 6.45) is -5.52. The van der Waals surface area contributed by atoms with Gasteiger partial charge in [0.15, 0.2) is 6.29 Å². The van der Waals surface area contributed by atoms with Crippen LogP contribution in [-0.2, 0) is 16.1 Å². The van der Waals surface area contributed by atoms with Crippen LogP contribution in [-0.4, -0.2) is 52.6 Å². The fraction of sp³-hybridized carbons (Fsp3) is 0.385. The first-order valence-corrected chi connectivity index (χ1v) is 5.98. The number of ether oxygens (including phenoxy) is 1. The average Bonchev–Trinajstić information content (AvgIpc) is 2.49. The predicted octanol–water partition coefficient (Wildman–Crippen LogP) is -0.806. The van der Waals surface area contributed by atoms with Crippen LogP contribution in [0.15, 0.2) is 30.3 Å². The monoisotopic (exact) mass is 283 g/mol. The summed E-state index contributed by atoms with van der Waals surface area (Å²) in [5.74, 6) is 0. The molecule has 7 heteroatoms. The first-order chi connectivity index (χ1) is 9.54. The summed E-state index contributed by atoms with van der Waals surface area (Å²) >= 11 is 0. The van der Waals surface area contributed by atoms with Gasteiger partial charge in [-0.25, -0.2) is 4.79 Å². The molecule has 0 radical (unpaired) electrons. The van der Waals surface area contributed by atoms with Crippen molar-refractivity contribution in [3.63, 3.8) is 0 Å². The zero-order chi connectivity index (χ0) is 15.0. The number of hydrogen-bond acceptors (Lipinski definition) is 6. The number of aliphatic hydroxyl groups excluding tert-OH is 3. The summed E-state index contributed by atoms with van der Waals surface area (Å²) in [6, 6.07) is 9.01. The van der Waals surface area contributed by atoms with Gasteiger partial charge in [-0.15, -0.1) is 0 Å². The van der Waals surface area contributed by atoms with Crippen LogP contribution in [0.4, 0.5) is 4.79 Å². The number of nitrogens with one attached hydrogen (secondary N) is 1. The van der Waals surface area contributed by atoms with E-state index in [0.717, 1.165) is 5.56 Å². The summed E-state index contributed by atoms with van der Waals surface area (Å²) in [5, 5.41) is 29.9. The van der Waals surface area contributed by atoms with Crippen molar-refractivity contribution in [1.82, 2.24) is 5.32 Å². The molecule has 0 aliphatic rings. The topological polar surface area (TPSA) is 116 Å². The van der Waals surface area contributed by atoms with E-state index in [2.05, 4.69) is 5.32 Å². The minimum absolute atomic E-state index is 0.0717. The molecule has 1 unspecified atom stereocenters. The maximum absolute atomic E-state index is 11.3. The molecule has 0 spiro atoms. The SMILES string of the molecule is O=C[C@@H](O)[C@H](O)C(O)CNC(=O)OCc1ccccc1. The zero-order valence-electron chi connectivity index (χ0n) is 10.7. The van der Waals surface area contributed by atoms with Crippen LogP contribution in [0.1, 0.15) is 5.56 Å². The van der Waals surface area contributed by atoms with Crippen LogP contribution in [0.2, 0.25) is 0 Å². The Hall–Kier alpha value is -1.96. The molecule has 0 aromatic heterocycles. The number of aldehydes is 1. The maximum Gasteiger partial charge on any atom is 0.407 e. The van der Waals surface area contributed by atoms with E-state index in [-0.39, 0.29) is 19.4 Å². The summed E-state index contributed by atoms with van der Waals surface area (Å²) in [7, 11) is 0. The summed E-state index contributed by atoms with van der Waals surface area (Å²) < 4.78 is 4.87. The third-order valence-corrected chi connectivity index (χ3v) is 2.55. The molecule has 0 fully saturated rings. The van der Waals surface area contributed by atoms with E-state index in [1.54, 1.807) is 24.3 Å². The van der Waals surface area contributed by atoms with Gasteiger partial charge in [-0.2, -0.15) is 0 Å². The molecule has 1 aromatic rings. The van der Waals surface area contributed by atoms with Crippen molar-refractivity contribution in [2.75, 3.05) is 6.54 Å². The number of carbonyl (C=O) groups excluding carboxylic acids is 2. The van der Waals surface area contributed by atoms with Gasteiger partial charge in [0.1, 0.15) is 24.9 Å². The molecule has 1 rings (SSSR count). The Balaban J connectivity index is 2.27. The number of aliphatic hydroxyl groups is 3. The third-order valence-electron chi connectivity index (χ3n) is 2.55. The molecule has 3 atom stereocenters. The normalized spacial score (nSPS) is 14.9. The van der Waals surface area contributed by atoms with Crippen LogP contribution < -0.4 is 5.32 Å². The van der Waals surface area contributed by atoms with Crippen molar-refractivity contribution in [1.29, 1.82) is 0 Å². The largest absolute Gasteiger partial charge is 0.445 e. The highest BCUT2D eigenvalue weighted by Crippen LogP contribution is 2.01. The van der Waals surface area contributed by atoms with Crippen LogP contribution in [0.25, 0.3) is 0 Å². The quantitative estimate of drug-likeness (QED) is 0.487. The third kappa shape index (κ3) is 5.35. The zero-order valence-corrected chi connectivity index (χ0v) is 10.7. The summed E-state index contributed by atoms with van der Waals surface area (Å²) in [6.45, 7) is -0.276. The second kappa shape index (κ2) is 8.26. The van der Waals surface area contributed by atoms with E-state index in [0.29, 0.717) is 0 Å². The Morgan fingerprint density at radius 1 is 1.25 bits per heavy atom. The molecule has 4 N–H and O–H groups in total. The number of rotatable bonds is 7. The summed E-state index contributed by atoms with van der Waals surface area (Å²) in [5.41, 5.74) is 0.805. The van der Waals surface area contributed by atoms with Crippen LogP contribution in [0.3, 0.4) is 0 Å². The van der Waals surface area contributed by atoms with Crippen LogP contribution in [0.5, 0.6) is 0 Å². The lowest BCUT2D eigenvalue weighted by Gasteiger charge is -2.19. The molecule has 0 saturated heterocycles. The van der Waals surface area contributed by atoms with Gasteiger partial charge in [0.05, 0.1) is 0 Å². The van der Waals surface area contributed by atoms with E-state index in [1.165, 1.54) is 0 Å². The van der Waals surface area contributed by atoms with Crippen LogP contribution in [0, 0.1) is 0 Å². The Bertz CT molecular complexity index is 424. The molecule has 7 nitrogen and oxygen atoms in total. The summed E-state index contributed by atoms with van der Waals surface area (Å²) in [4.78, 5) is 21.5. The van der Waals surface area contributed by atoms with E-state index in [9.17, 15) is 19.8 Å². The Labute approximate surface area is 115 Å². The van der Waals surface area contributed by atoms with Crippen molar-refractivity contribution < 1.29 is 29.6 Å². The molecule has 20 heavy (non-hydrogen) atoms. The molecule has 110 valence electrons. The lowest BCUT2D eigenvalue weighted by atomic mass is 10.1. The minimum Gasteiger partial charge on any atom is -0.445 e. The molecular weight excluding hydrogens is 266 g/mol. The lowest BCUT2D eigenvalue weighted by Crippen LogP contribution is -2.45. The smallest absolute Gasteiger partial charge is 0.407 e. The standard InChI is InChI=1S/C13H17NO6/c15-7-11(17)12(18)10(16)6-14-13(19)20-8-9-4-2-1-3-5-9/h1-5,7,10-12,16-18H,6,8H2,(H,14,19)/t10?,11-,12-/m1/s1. The van der Waals surface area contributed by atoms with Crippen molar-refractivity contribution in [3.05, 3.63) is 35.9 Å². The number of amides is 1. The molecule has 1 aromatic carbocycles. The highest BCUT2D eigenvalue weighted by Gasteiger charge is 2.24. The highest BCUT2D eigenvalue weighted by molar-refractivity contribution is 5.67. The molecule has 0 aliphatic carbocycles. The first kappa shape index (κ1) is 16.1. The van der Waals surface area contributed by atoms with Crippen molar-refractivity contribution in [3.8, 4) is 0 Å². The molecule has 0 aliphatic heterocycles. The number of hydrogen-bond donors (Lipinski definition) is 4. The fourth-order valence-electron chi connectivity index (χ4n) is 1.39. The predicted molar refractivity (Wildman–Crippen MR) is 68.7 cm³/mol. The van der Waals surface area contributed by atoms with Gasteiger partial charge in [0.25, 0.3) is 0 Å². The van der Waals surface area contributed by atoms with Gasteiger partial charge in [0.2, 0.25) is 0 Å². The molecular formula is C13H17NO6. The Morgan fingerprint density at radius 2 is 1.90 bits per heavy atom. The van der Waals surface area contributed by atoms with E-state index >= 15 is 0 Å². The molecule has 0 bridgehead atoms. The van der Waals surface area contributed by atoms with E-state index in [4.69, 9.17) is 9.84 Å². The van der Waals surface area contributed by atoms with Gasteiger partial charge in [0, 0.05) is 6.54 Å².